The first-order chi connectivity index (χ1) is 14.7. The van der Waals surface area contributed by atoms with Gasteiger partial charge in [0.05, 0.1) is 13.2 Å². The smallest absolute Gasteiger partial charge is 0.217 e. The minimum Gasteiger partial charge on any atom is -0.376 e. The molecule has 30 heavy (non-hydrogen) atoms. The fraction of sp³-hybridized carbons (Fsp3) is 0.435. The van der Waals surface area contributed by atoms with Crippen LogP contribution < -0.4 is 5.32 Å². The van der Waals surface area contributed by atoms with Crippen LogP contribution in [0.3, 0.4) is 0 Å². The minimum absolute atomic E-state index is 0.191. The number of hydrogen-bond acceptors (Lipinski definition) is 6. The first-order valence-corrected chi connectivity index (χ1v) is 10.1. The van der Waals surface area contributed by atoms with E-state index in [0.717, 1.165) is 11.1 Å². The molecule has 2 fully saturated rings. The lowest BCUT2D eigenvalue weighted by atomic mass is 9.95. The zero-order valence-corrected chi connectivity index (χ0v) is 17.1. The van der Waals surface area contributed by atoms with Gasteiger partial charge in [-0.3, -0.25) is 4.79 Å². The highest BCUT2D eigenvalue weighted by molar-refractivity contribution is 5.73. The molecular weight excluding hydrogens is 386 g/mol. The third-order valence-electron chi connectivity index (χ3n) is 5.31. The number of carbonyl (C=O) groups is 1. The summed E-state index contributed by atoms with van der Waals surface area (Å²) in [5, 5.41) is 2.92. The number of benzene rings is 2. The lowest BCUT2D eigenvalue weighted by Crippen LogP contribution is -2.67. The van der Waals surface area contributed by atoms with Gasteiger partial charge >= 0.3 is 0 Å². The summed E-state index contributed by atoms with van der Waals surface area (Å²) < 4.78 is 30.1. The maximum Gasteiger partial charge on any atom is 0.217 e. The fourth-order valence-electron chi connectivity index (χ4n) is 3.91. The number of fused-ring (bicyclic) bond motifs is 1. The number of ether oxygens (including phenoxy) is 5. The van der Waals surface area contributed by atoms with Gasteiger partial charge in [0.25, 0.3) is 0 Å². The molecule has 6 atom stereocenters. The Labute approximate surface area is 176 Å². The van der Waals surface area contributed by atoms with E-state index in [-0.39, 0.29) is 12.0 Å². The second-order valence-corrected chi connectivity index (χ2v) is 7.44. The highest BCUT2D eigenvalue weighted by atomic mass is 16.7. The van der Waals surface area contributed by atoms with Crippen LogP contribution in [-0.4, -0.2) is 50.3 Å². The average Bonchev–Trinajstić information content (AvgIpc) is 2.78. The molecule has 160 valence electrons. The summed E-state index contributed by atoms with van der Waals surface area (Å²) in [5.41, 5.74) is 1.93. The molecule has 0 unspecified atom stereocenters. The van der Waals surface area contributed by atoms with Gasteiger partial charge in [0.2, 0.25) is 5.91 Å². The van der Waals surface area contributed by atoms with Gasteiger partial charge in [-0.15, -0.1) is 0 Å². The lowest BCUT2D eigenvalue weighted by molar-refractivity contribution is -0.347. The molecule has 2 heterocycles. The Morgan fingerprint density at radius 2 is 1.77 bits per heavy atom. The summed E-state index contributed by atoms with van der Waals surface area (Å²) in [6, 6.07) is 19.0. The number of methoxy groups -OCH3 is 1. The highest BCUT2D eigenvalue weighted by Crippen LogP contribution is 2.35. The Morgan fingerprint density at radius 3 is 2.43 bits per heavy atom. The summed E-state index contributed by atoms with van der Waals surface area (Å²) >= 11 is 0. The first-order valence-electron chi connectivity index (χ1n) is 10.1. The van der Waals surface area contributed by atoms with Crippen LogP contribution >= 0.6 is 0 Å². The van der Waals surface area contributed by atoms with Crippen molar-refractivity contribution in [1.82, 2.24) is 5.32 Å². The molecule has 2 saturated heterocycles. The van der Waals surface area contributed by atoms with Gasteiger partial charge in [-0.25, -0.2) is 0 Å². The maximum absolute atomic E-state index is 11.9. The Kier molecular flexibility index (Phi) is 6.76. The van der Waals surface area contributed by atoms with Gasteiger partial charge in [0.1, 0.15) is 24.4 Å². The number of rotatable bonds is 6. The van der Waals surface area contributed by atoms with Crippen molar-refractivity contribution in [2.24, 2.45) is 0 Å². The van der Waals surface area contributed by atoms with Crippen LogP contribution in [0.25, 0.3) is 0 Å². The monoisotopic (exact) mass is 413 g/mol. The second-order valence-electron chi connectivity index (χ2n) is 7.44. The predicted octanol–water partition coefficient (Wildman–Crippen LogP) is 2.56. The molecule has 0 saturated carbocycles. The SMILES string of the molecule is CO[C@@H]1[C@H](NC(C)=O)[C@H](OCc2ccccc2)O[C@H]2CO[C@@H](c3ccccc3)O[C@@H]12. The molecule has 0 spiro atoms. The third kappa shape index (κ3) is 4.71. The largest absolute Gasteiger partial charge is 0.376 e. The van der Waals surface area contributed by atoms with Crippen molar-refractivity contribution in [2.45, 2.75) is 50.5 Å². The van der Waals surface area contributed by atoms with E-state index in [4.69, 9.17) is 23.7 Å². The van der Waals surface area contributed by atoms with Crippen molar-refractivity contribution < 1.29 is 28.5 Å². The molecular formula is C23H27NO6. The van der Waals surface area contributed by atoms with Crippen molar-refractivity contribution in [3.8, 4) is 0 Å². The van der Waals surface area contributed by atoms with Crippen molar-refractivity contribution in [1.29, 1.82) is 0 Å². The van der Waals surface area contributed by atoms with Crippen LogP contribution in [0.15, 0.2) is 60.7 Å². The summed E-state index contributed by atoms with van der Waals surface area (Å²) in [6.07, 6.45) is -2.46. The normalized spacial score (nSPS) is 31.0. The van der Waals surface area contributed by atoms with Gasteiger partial charge in [0.15, 0.2) is 12.6 Å². The highest BCUT2D eigenvalue weighted by Gasteiger charge is 2.51. The first kappa shape index (κ1) is 21.0. The molecule has 0 radical (unpaired) electrons. The van der Waals surface area contributed by atoms with Gasteiger partial charge in [0, 0.05) is 19.6 Å². The molecule has 0 aromatic heterocycles. The Bertz CT molecular complexity index is 817. The Balaban J connectivity index is 1.51. The second kappa shape index (κ2) is 9.68. The molecule has 1 N–H and O–H groups in total. The van der Waals surface area contributed by atoms with E-state index in [1.165, 1.54) is 6.92 Å². The minimum atomic E-state index is -0.694. The van der Waals surface area contributed by atoms with Gasteiger partial charge in [-0.05, 0) is 5.56 Å². The topological polar surface area (TPSA) is 75.3 Å². The number of carbonyl (C=O) groups excluding carboxylic acids is 1. The van der Waals surface area contributed by atoms with E-state index < -0.39 is 30.8 Å². The fourth-order valence-corrected chi connectivity index (χ4v) is 3.91. The van der Waals surface area contributed by atoms with Crippen molar-refractivity contribution >= 4 is 5.91 Å². The number of nitrogens with one attached hydrogen (secondary N) is 1. The Hall–Kier alpha value is -2.29. The molecule has 4 rings (SSSR count). The van der Waals surface area contributed by atoms with E-state index in [1.54, 1.807) is 7.11 Å². The summed E-state index contributed by atoms with van der Waals surface area (Å²) in [6.45, 7) is 2.15. The van der Waals surface area contributed by atoms with Crippen molar-refractivity contribution in [3.05, 3.63) is 71.8 Å². The van der Waals surface area contributed by atoms with Crippen molar-refractivity contribution in [2.75, 3.05) is 13.7 Å². The van der Waals surface area contributed by atoms with Gasteiger partial charge in [-0.2, -0.15) is 0 Å². The predicted molar refractivity (Wildman–Crippen MR) is 108 cm³/mol. The molecule has 2 aliphatic rings. The van der Waals surface area contributed by atoms with Crippen LogP contribution in [-0.2, 0) is 35.1 Å². The van der Waals surface area contributed by atoms with Crippen LogP contribution in [0.5, 0.6) is 0 Å². The Morgan fingerprint density at radius 1 is 1.07 bits per heavy atom. The molecule has 7 heteroatoms. The standard InChI is InChI=1S/C23H27NO6/c1-15(25)24-19-21(26-2)20-18(14-28-22(30-20)17-11-7-4-8-12-17)29-23(19)27-13-16-9-5-3-6-10-16/h3-12,18-23H,13-14H2,1-2H3,(H,24,25)/t18-,19-,20+,21+,22+,23+/m0/s1. The molecule has 2 aliphatic heterocycles. The quantitative estimate of drug-likeness (QED) is 0.785. The van der Waals surface area contributed by atoms with E-state index in [2.05, 4.69) is 5.32 Å². The lowest BCUT2D eigenvalue weighted by Gasteiger charge is -2.48. The van der Waals surface area contributed by atoms with Crippen LogP contribution in [0.1, 0.15) is 24.3 Å². The summed E-state index contributed by atoms with van der Waals surface area (Å²) in [7, 11) is 1.60. The van der Waals surface area contributed by atoms with Crippen LogP contribution in [0.4, 0.5) is 0 Å². The summed E-state index contributed by atoms with van der Waals surface area (Å²) in [4.78, 5) is 11.9. The summed E-state index contributed by atoms with van der Waals surface area (Å²) in [5.74, 6) is -0.191. The van der Waals surface area contributed by atoms with E-state index in [0.29, 0.717) is 13.2 Å². The maximum atomic E-state index is 11.9. The number of hydrogen-bond donors (Lipinski definition) is 1. The molecule has 0 aliphatic carbocycles. The molecule has 0 bridgehead atoms. The van der Waals surface area contributed by atoms with Crippen molar-refractivity contribution in [3.63, 3.8) is 0 Å². The zero-order valence-electron chi connectivity index (χ0n) is 17.1. The van der Waals surface area contributed by atoms with E-state index in [9.17, 15) is 4.79 Å². The van der Waals surface area contributed by atoms with E-state index in [1.807, 2.05) is 60.7 Å². The van der Waals surface area contributed by atoms with Gasteiger partial charge < -0.3 is 29.0 Å². The van der Waals surface area contributed by atoms with E-state index >= 15 is 0 Å². The molecule has 2 aromatic rings. The zero-order chi connectivity index (χ0) is 20.9. The molecule has 7 nitrogen and oxygen atoms in total. The van der Waals surface area contributed by atoms with Crippen LogP contribution in [0, 0.1) is 0 Å². The third-order valence-corrected chi connectivity index (χ3v) is 5.31. The van der Waals surface area contributed by atoms with Crippen LogP contribution in [0.2, 0.25) is 0 Å². The number of amides is 1. The molecule has 1 amide bonds. The molecule has 2 aromatic carbocycles. The average molecular weight is 413 g/mol. The van der Waals surface area contributed by atoms with Gasteiger partial charge in [-0.1, -0.05) is 60.7 Å².